The van der Waals surface area contributed by atoms with Gasteiger partial charge in [0, 0.05) is 44.0 Å². The highest BCUT2D eigenvalue weighted by Gasteiger charge is 2.12. The minimum absolute atomic E-state index is 0.155. The molecule has 0 heterocycles. The van der Waals surface area contributed by atoms with Crippen LogP contribution in [0.15, 0.2) is 42.5 Å². The molecule has 31 heavy (non-hydrogen) atoms. The van der Waals surface area contributed by atoms with E-state index in [9.17, 15) is 14.0 Å². The van der Waals surface area contributed by atoms with Crippen molar-refractivity contribution in [2.75, 3.05) is 44.4 Å². The van der Waals surface area contributed by atoms with Crippen molar-refractivity contribution in [1.29, 1.82) is 0 Å². The molecular formula is C23H32FN5O2. The maximum absolute atomic E-state index is 14.4. The summed E-state index contributed by atoms with van der Waals surface area (Å²) in [5.74, 6) is -0.558. The standard InChI is InChI=1S/C23H32FN5O2/c1-16(2)29(5)21-10-9-19(14-20(21)24)27-23(31)26-15-17-7-6-8-18(13-17)22(30)25-11-12-28(3)4/h6-10,13-14,16H,11-12,15H2,1-5H3,(H,25,30)(H2,26,27,31). The van der Waals surface area contributed by atoms with Gasteiger partial charge in [-0.25, -0.2) is 9.18 Å². The topological polar surface area (TPSA) is 76.7 Å². The lowest BCUT2D eigenvalue weighted by Gasteiger charge is -2.24. The van der Waals surface area contributed by atoms with E-state index in [4.69, 9.17) is 0 Å². The van der Waals surface area contributed by atoms with Gasteiger partial charge in [0.15, 0.2) is 0 Å². The normalized spacial score (nSPS) is 10.8. The van der Waals surface area contributed by atoms with E-state index in [-0.39, 0.29) is 18.5 Å². The molecule has 0 fully saturated rings. The van der Waals surface area contributed by atoms with E-state index in [0.717, 1.165) is 12.1 Å². The molecule has 0 bridgehead atoms. The molecule has 0 aliphatic rings. The molecule has 0 spiro atoms. The van der Waals surface area contributed by atoms with Crippen LogP contribution in [0.1, 0.15) is 29.8 Å². The number of carbonyl (C=O) groups is 2. The Morgan fingerprint density at radius 2 is 1.77 bits per heavy atom. The lowest BCUT2D eigenvalue weighted by Crippen LogP contribution is -2.31. The number of halogens is 1. The summed E-state index contributed by atoms with van der Waals surface area (Å²) in [5.41, 5.74) is 2.16. The lowest BCUT2D eigenvalue weighted by molar-refractivity contribution is 0.0951. The van der Waals surface area contributed by atoms with E-state index < -0.39 is 11.8 Å². The molecule has 0 atom stereocenters. The molecule has 168 valence electrons. The van der Waals surface area contributed by atoms with Gasteiger partial charge in [0.1, 0.15) is 5.82 Å². The van der Waals surface area contributed by atoms with E-state index in [1.54, 1.807) is 30.3 Å². The SMILES string of the molecule is CC(C)N(C)c1ccc(NC(=O)NCc2cccc(C(=O)NCCN(C)C)c2)cc1F. The van der Waals surface area contributed by atoms with E-state index >= 15 is 0 Å². The fraction of sp³-hybridized carbons (Fsp3) is 0.391. The smallest absolute Gasteiger partial charge is 0.319 e. The quantitative estimate of drug-likeness (QED) is 0.572. The third-order valence-corrected chi connectivity index (χ3v) is 4.85. The van der Waals surface area contributed by atoms with Crippen LogP contribution in [-0.4, -0.2) is 57.1 Å². The van der Waals surface area contributed by atoms with Crippen LogP contribution >= 0.6 is 0 Å². The molecule has 0 saturated heterocycles. The number of urea groups is 1. The second kappa shape index (κ2) is 11.3. The van der Waals surface area contributed by atoms with Crippen LogP contribution in [0.25, 0.3) is 0 Å². The average molecular weight is 430 g/mol. The number of benzene rings is 2. The molecule has 3 amide bonds. The first-order valence-electron chi connectivity index (χ1n) is 10.3. The number of carbonyl (C=O) groups excluding carboxylic acids is 2. The Labute approximate surface area is 183 Å². The van der Waals surface area contributed by atoms with E-state index in [1.165, 1.54) is 6.07 Å². The Morgan fingerprint density at radius 3 is 2.42 bits per heavy atom. The minimum Gasteiger partial charge on any atom is -0.370 e. The predicted molar refractivity (Wildman–Crippen MR) is 123 cm³/mol. The number of hydrogen-bond acceptors (Lipinski definition) is 4. The van der Waals surface area contributed by atoms with Crippen molar-refractivity contribution in [3.63, 3.8) is 0 Å². The Morgan fingerprint density at radius 1 is 1.03 bits per heavy atom. The van der Waals surface area contributed by atoms with Crippen LogP contribution in [0.2, 0.25) is 0 Å². The molecule has 0 unspecified atom stereocenters. The first-order chi connectivity index (χ1) is 14.7. The van der Waals surface area contributed by atoms with Crippen molar-refractivity contribution in [1.82, 2.24) is 15.5 Å². The maximum atomic E-state index is 14.4. The predicted octanol–water partition coefficient (Wildman–Crippen LogP) is 3.28. The summed E-state index contributed by atoms with van der Waals surface area (Å²) in [6.45, 7) is 5.49. The molecule has 8 heteroatoms. The zero-order chi connectivity index (χ0) is 23.0. The average Bonchev–Trinajstić information content (AvgIpc) is 2.71. The van der Waals surface area contributed by atoms with Crippen molar-refractivity contribution in [3.8, 4) is 0 Å². The molecule has 0 aromatic heterocycles. The minimum atomic E-state index is -0.454. The summed E-state index contributed by atoms with van der Waals surface area (Å²) in [5, 5.41) is 8.22. The van der Waals surface area contributed by atoms with Crippen LogP contribution < -0.4 is 20.9 Å². The van der Waals surface area contributed by atoms with Gasteiger partial charge in [0.25, 0.3) is 5.91 Å². The van der Waals surface area contributed by atoms with Crippen LogP contribution in [0.5, 0.6) is 0 Å². The highest BCUT2D eigenvalue weighted by atomic mass is 19.1. The molecule has 2 rings (SSSR count). The highest BCUT2D eigenvalue weighted by Crippen LogP contribution is 2.23. The van der Waals surface area contributed by atoms with Crippen LogP contribution in [0, 0.1) is 5.82 Å². The van der Waals surface area contributed by atoms with Crippen molar-refractivity contribution in [2.45, 2.75) is 26.4 Å². The maximum Gasteiger partial charge on any atom is 0.319 e. The van der Waals surface area contributed by atoms with Gasteiger partial charge < -0.3 is 25.8 Å². The second-order valence-corrected chi connectivity index (χ2v) is 7.94. The number of amides is 3. The summed E-state index contributed by atoms with van der Waals surface area (Å²) in [4.78, 5) is 28.3. The molecule has 0 aliphatic heterocycles. The van der Waals surface area contributed by atoms with E-state index in [0.29, 0.717) is 23.5 Å². The van der Waals surface area contributed by atoms with Crippen molar-refractivity contribution < 1.29 is 14.0 Å². The van der Waals surface area contributed by atoms with Crippen molar-refractivity contribution in [2.24, 2.45) is 0 Å². The largest absolute Gasteiger partial charge is 0.370 e. The van der Waals surface area contributed by atoms with Gasteiger partial charge in [-0.15, -0.1) is 0 Å². The lowest BCUT2D eigenvalue weighted by atomic mass is 10.1. The van der Waals surface area contributed by atoms with Crippen LogP contribution in [0.3, 0.4) is 0 Å². The number of nitrogens with zero attached hydrogens (tertiary/aromatic N) is 2. The van der Waals surface area contributed by atoms with Gasteiger partial charge in [-0.05, 0) is 63.8 Å². The third-order valence-electron chi connectivity index (χ3n) is 4.85. The Bertz CT molecular complexity index is 901. The zero-order valence-corrected chi connectivity index (χ0v) is 18.8. The fourth-order valence-electron chi connectivity index (χ4n) is 2.82. The number of hydrogen-bond donors (Lipinski definition) is 3. The molecular weight excluding hydrogens is 397 g/mol. The molecule has 3 N–H and O–H groups in total. The van der Waals surface area contributed by atoms with Crippen molar-refractivity contribution in [3.05, 3.63) is 59.4 Å². The van der Waals surface area contributed by atoms with Gasteiger partial charge in [-0.1, -0.05) is 12.1 Å². The van der Waals surface area contributed by atoms with Gasteiger partial charge in [0.2, 0.25) is 0 Å². The van der Waals surface area contributed by atoms with Crippen molar-refractivity contribution >= 4 is 23.3 Å². The summed E-state index contributed by atoms with van der Waals surface area (Å²) in [6.07, 6.45) is 0. The Balaban J connectivity index is 1.90. The first kappa shape index (κ1) is 24.1. The molecule has 2 aromatic carbocycles. The van der Waals surface area contributed by atoms with Gasteiger partial charge in [-0.3, -0.25) is 4.79 Å². The van der Waals surface area contributed by atoms with E-state index in [2.05, 4.69) is 16.0 Å². The summed E-state index contributed by atoms with van der Waals surface area (Å²) < 4.78 is 14.4. The van der Waals surface area contributed by atoms with Crippen LogP contribution in [-0.2, 0) is 6.54 Å². The Kier molecular flexibility index (Phi) is 8.81. The molecule has 0 radical (unpaired) electrons. The van der Waals surface area contributed by atoms with E-state index in [1.807, 2.05) is 50.9 Å². The number of rotatable bonds is 9. The number of anilines is 2. The molecule has 2 aromatic rings. The highest BCUT2D eigenvalue weighted by molar-refractivity contribution is 5.94. The first-order valence-corrected chi connectivity index (χ1v) is 10.3. The summed E-state index contributed by atoms with van der Waals surface area (Å²) >= 11 is 0. The molecule has 0 saturated carbocycles. The molecule has 0 aliphatic carbocycles. The second-order valence-electron chi connectivity index (χ2n) is 7.94. The number of likely N-dealkylation sites (N-methyl/N-ethyl adjacent to an activating group) is 1. The van der Waals surface area contributed by atoms with Crippen LogP contribution in [0.4, 0.5) is 20.6 Å². The monoisotopic (exact) mass is 429 g/mol. The van der Waals surface area contributed by atoms with Gasteiger partial charge in [0.05, 0.1) is 5.69 Å². The fourth-order valence-corrected chi connectivity index (χ4v) is 2.82. The summed E-state index contributed by atoms with van der Waals surface area (Å²) in [6, 6.07) is 11.4. The summed E-state index contributed by atoms with van der Waals surface area (Å²) in [7, 11) is 5.70. The Hall–Kier alpha value is -3.13. The van der Waals surface area contributed by atoms with Gasteiger partial charge in [-0.2, -0.15) is 0 Å². The van der Waals surface area contributed by atoms with Gasteiger partial charge >= 0.3 is 6.03 Å². The number of nitrogens with one attached hydrogen (secondary N) is 3. The molecule has 7 nitrogen and oxygen atoms in total. The zero-order valence-electron chi connectivity index (χ0n) is 18.8. The third kappa shape index (κ3) is 7.57.